The van der Waals surface area contributed by atoms with Crippen molar-refractivity contribution in [1.82, 2.24) is 25.1 Å². The molecule has 0 aliphatic carbocycles. The number of amides is 1. The highest BCUT2D eigenvalue weighted by Gasteiger charge is 2.26. The maximum atomic E-state index is 13.1. The third-order valence-electron chi connectivity index (χ3n) is 4.87. The zero-order chi connectivity index (χ0) is 21.1. The number of likely N-dealkylation sites (tertiary alicyclic amines) is 1. The molecular formula is C20H23ClN8O. The Kier molecular flexibility index (Phi) is 5.82. The third kappa shape index (κ3) is 4.69. The van der Waals surface area contributed by atoms with Crippen LogP contribution < -0.4 is 16.4 Å². The summed E-state index contributed by atoms with van der Waals surface area (Å²) in [6, 6.07) is 9.14. The van der Waals surface area contributed by atoms with Crippen LogP contribution in [0.2, 0.25) is 5.02 Å². The number of carbonyl (C=O) groups is 1. The summed E-state index contributed by atoms with van der Waals surface area (Å²) in [4.78, 5) is 23.9. The maximum Gasteiger partial charge on any atom is 0.276 e. The molecule has 1 amide bonds. The molecular weight excluding hydrogens is 404 g/mol. The molecule has 0 radical (unpaired) electrons. The van der Waals surface area contributed by atoms with E-state index in [1.807, 2.05) is 25.1 Å². The molecule has 9 nitrogen and oxygen atoms in total. The maximum absolute atomic E-state index is 13.1. The highest BCUT2D eigenvalue weighted by atomic mass is 35.5. The van der Waals surface area contributed by atoms with Crippen molar-refractivity contribution in [3.63, 3.8) is 0 Å². The van der Waals surface area contributed by atoms with Crippen LogP contribution >= 0.6 is 11.6 Å². The Labute approximate surface area is 179 Å². The van der Waals surface area contributed by atoms with Crippen LogP contribution in [0.3, 0.4) is 0 Å². The molecule has 4 rings (SSSR count). The number of anilines is 4. The second kappa shape index (κ2) is 8.68. The van der Waals surface area contributed by atoms with Crippen molar-refractivity contribution in [2.45, 2.75) is 25.8 Å². The topological polar surface area (TPSA) is 125 Å². The minimum Gasteiger partial charge on any atom is -0.338 e. The van der Waals surface area contributed by atoms with Crippen molar-refractivity contribution >= 4 is 40.6 Å². The minimum atomic E-state index is -0.173. The Morgan fingerprint density at radius 1 is 1.20 bits per heavy atom. The van der Waals surface area contributed by atoms with E-state index in [9.17, 15) is 4.79 Å². The number of nitrogens with two attached hydrogens (primary N) is 1. The number of aromatic amines is 1. The number of hydrogen-bond acceptors (Lipinski definition) is 7. The van der Waals surface area contributed by atoms with Gasteiger partial charge in [0.2, 0.25) is 0 Å². The molecule has 30 heavy (non-hydrogen) atoms. The molecule has 5 N–H and O–H groups in total. The van der Waals surface area contributed by atoms with Crippen LogP contribution in [-0.4, -0.2) is 50.1 Å². The summed E-state index contributed by atoms with van der Waals surface area (Å²) < 4.78 is 0. The predicted molar refractivity (Wildman–Crippen MR) is 116 cm³/mol. The Morgan fingerprint density at radius 3 is 2.60 bits per heavy atom. The monoisotopic (exact) mass is 426 g/mol. The fraction of sp³-hybridized carbons (Fsp3) is 0.300. The van der Waals surface area contributed by atoms with E-state index in [2.05, 4.69) is 30.8 Å². The average Bonchev–Trinajstić information content (AvgIpc) is 3.14. The molecule has 1 saturated heterocycles. The lowest BCUT2D eigenvalue weighted by Gasteiger charge is -2.30. The number of benzene rings is 1. The van der Waals surface area contributed by atoms with Gasteiger partial charge in [-0.05, 0) is 44.0 Å². The number of rotatable bonds is 5. The van der Waals surface area contributed by atoms with E-state index in [1.54, 1.807) is 17.0 Å². The van der Waals surface area contributed by atoms with Gasteiger partial charge in [0.15, 0.2) is 23.1 Å². The fourth-order valence-corrected chi connectivity index (χ4v) is 3.35. The average molecular weight is 427 g/mol. The van der Waals surface area contributed by atoms with Gasteiger partial charge < -0.3 is 21.3 Å². The first-order chi connectivity index (χ1) is 14.5. The van der Waals surface area contributed by atoms with Crippen molar-refractivity contribution in [3.8, 4) is 0 Å². The molecule has 0 bridgehead atoms. The molecule has 0 atom stereocenters. The van der Waals surface area contributed by atoms with E-state index >= 15 is 0 Å². The summed E-state index contributed by atoms with van der Waals surface area (Å²) in [5, 5.41) is 13.9. The van der Waals surface area contributed by atoms with Crippen molar-refractivity contribution in [2.24, 2.45) is 5.73 Å². The van der Waals surface area contributed by atoms with Crippen molar-refractivity contribution < 1.29 is 4.79 Å². The van der Waals surface area contributed by atoms with Crippen LogP contribution in [0.1, 0.15) is 29.0 Å². The van der Waals surface area contributed by atoms with Crippen LogP contribution in [0.4, 0.5) is 23.1 Å². The largest absolute Gasteiger partial charge is 0.338 e. The van der Waals surface area contributed by atoms with Crippen LogP contribution in [0, 0.1) is 6.92 Å². The van der Waals surface area contributed by atoms with E-state index in [1.165, 1.54) is 6.20 Å². The van der Waals surface area contributed by atoms with Gasteiger partial charge in [-0.25, -0.2) is 9.97 Å². The molecule has 3 heterocycles. The van der Waals surface area contributed by atoms with Gasteiger partial charge in [0.1, 0.15) is 0 Å². The zero-order valence-electron chi connectivity index (χ0n) is 16.5. The summed E-state index contributed by atoms with van der Waals surface area (Å²) in [5.41, 5.74) is 7.89. The zero-order valence-corrected chi connectivity index (χ0v) is 17.3. The molecule has 0 spiro atoms. The number of nitrogens with zero attached hydrogens (tertiary/aromatic N) is 4. The van der Waals surface area contributed by atoms with E-state index in [-0.39, 0.29) is 17.6 Å². The van der Waals surface area contributed by atoms with E-state index in [4.69, 9.17) is 17.3 Å². The van der Waals surface area contributed by atoms with Crippen molar-refractivity contribution in [2.75, 3.05) is 23.7 Å². The Balaban J connectivity index is 1.63. The summed E-state index contributed by atoms with van der Waals surface area (Å²) in [6.07, 6.45) is 3.08. The third-order valence-corrected chi connectivity index (χ3v) is 5.12. The molecule has 1 aromatic carbocycles. The smallest absolute Gasteiger partial charge is 0.276 e. The van der Waals surface area contributed by atoms with Gasteiger partial charge in [-0.2, -0.15) is 5.10 Å². The Bertz CT molecular complexity index is 1030. The number of piperidine rings is 1. The standard InChI is InChI=1S/C20H23ClN8O/c1-12-10-16(28-27-12)25-17-11-23-18(20(30)29-8-6-14(22)7-9-29)19(26-17)24-15-4-2-13(21)3-5-15/h2-5,10-11,14H,6-9,22H2,1H3,(H3,24,25,26,27,28). The first-order valence-corrected chi connectivity index (χ1v) is 10.1. The number of halogens is 1. The van der Waals surface area contributed by atoms with Gasteiger partial charge in [0, 0.05) is 41.6 Å². The normalized spacial score (nSPS) is 14.6. The van der Waals surface area contributed by atoms with Gasteiger partial charge in [0.25, 0.3) is 5.91 Å². The van der Waals surface area contributed by atoms with E-state index < -0.39 is 0 Å². The van der Waals surface area contributed by atoms with E-state index in [0.717, 1.165) is 24.2 Å². The lowest BCUT2D eigenvalue weighted by Crippen LogP contribution is -2.43. The van der Waals surface area contributed by atoms with Crippen molar-refractivity contribution in [1.29, 1.82) is 0 Å². The number of H-pyrrole nitrogens is 1. The Morgan fingerprint density at radius 2 is 1.93 bits per heavy atom. The SMILES string of the molecule is Cc1cc(Nc2cnc(C(=O)N3CCC(N)CC3)c(Nc3ccc(Cl)cc3)n2)n[nH]1. The van der Waals surface area contributed by atoms with Gasteiger partial charge in [-0.3, -0.25) is 9.89 Å². The molecule has 2 aromatic heterocycles. The summed E-state index contributed by atoms with van der Waals surface area (Å²) >= 11 is 5.98. The first kappa shape index (κ1) is 20.1. The highest BCUT2D eigenvalue weighted by Crippen LogP contribution is 2.24. The molecule has 1 aliphatic rings. The van der Waals surface area contributed by atoms with Gasteiger partial charge in [0.05, 0.1) is 6.20 Å². The van der Waals surface area contributed by atoms with Crippen LogP contribution in [0.25, 0.3) is 0 Å². The summed E-state index contributed by atoms with van der Waals surface area (Å²) in [6.45, 7) is 3.12. The number of carbonyl (C=O) groups excluding carboxylic acids is 1. The molecule has 0 unspecified atom stereocenters. The van der Waals surface area contributed by atoms with Crippen LogP contribution in [0.15, 0.2) is 36.5 Å². The Hall–Kier alpha value is -3.17. The fourth-order valence-electron chi connectivity index (χ4n) is 3.23. The molecule has 1 fully saturated rings. The molecule has 156 valence electrons. The second-order valence-corrected chi connectivity index (χ2v) is 7.71. The summed E-state index contributed by atoms with van der Waals surface area (Å²) in [7, 11) is 0. The number of nitrogens with one attached hydrogen (secondary N) is 3. The molecule has 0 saturated carbocycles. The molecule has 1 aliphatic heterocycles. The first-order valence-electron chi connectivity index (χ1n) is 9.71. The van der Waals surface area contributed by atoms with Crippen LogP contribution in [-0.2, 0) is 0 Å². The van der Waals surface area contributed by atoms with Crippen molar-refractivity contribution in [3.05, 3.63) is 52.9 Å². The second-order valence-electron chi connectivity index (χ2n) is 7.28. The lowest BCUT2D eigenvalue weighted by molar-refractivity contribution is 0.0709. The quantitative estimate of drug-likeness (QED) is 0.493. The number of hydrogen-bond donors (Lipinski definition) is 4. The van der Waals surface area contributed by atoms with Gasteiger partial charge in [-0.1, -0.05) is 11.6 Å². The lowest BCUT2D eigenvalue weighted by atomic mass is 10.1. The predicted octanol–water partition coefficient (Wildman–Crippen LogP) is 3.21. The minimum absolute atomic E-state index is 0.135. The number of aromatic nitrogens is 4. The summed E-state index contributed by atoms with van der Waals surface area (Å²) in [5.74, 6) is 1.26. The van der Waals surface area contributed by atoms with E-state index in [0.29, 0.717) is 35.6 Å². The van der Waals surface area contributed by atoms with Crippen LogP contribution in [0.5, 0.6) is 0 Å². The number of aryl methyl sites for hydroxylation is 1. The van der Waals surface area contributed by atoms with Gasteiger partial charge >= 0.3 is 0 Å². The van der Waals surface area contributed by atoms with Gasteiger partial charge in [-0.15, -0.1) is 0 Å². The molecule has 10 heteroatoms. The molecule has 3 aromatic rings. The highest BCUT2D eigenvalue weighted by molar-refractivity contribution is 6.30.